The van der Waals surface area contributed by atoms with Crippen LogP contribution in [-0.2, 0) is 4.79 Å². The predicted molar refractivity (Wildman–Crippen MR) is 81.0 cm³/mol. The van der Waals surface area contributed by atoms with E-state index in [4.69, 9.17) is 0 Å². The number of likely N-dealkylation sites (tertiary alicyclic amines) is 1. The third kappa shape index (κ3) is 3.17. The topological polar surface area (TPSA) is 61.4 Å². The van der Waals surface area contributed by atoms with Gasteiger partial charge in [-0.1, -0.05) is 12.1 Å². The molecule has 2 heterocycles. The number of anilines is 1. The van der Waals surface area contributed by atoms with Crippen molar-refractivity contribution in [3.05, 3.63) is 29.8 Å². The molecule has 2 fully saturated rings. The Labute approximate surface area is 124 Å². The first-order valence-electron chi connectivity index (χ1n) is 7.54. The Kier molecular flexibility index (Phi) is 3.82. The van der Waals surface area contributed by atoms with Gasteiger partial charge in [0.1, 0.15) is 0 Å². The second-order valence-electron chi connectivity index (χ2n) is 6.01. The van der Waals surface area contributed by atoms with Crippen LogP contribution in [-0.4, -0.2) is 36.0 Å². The highest BCUT2D eigenvalue weighted by Crippen LogP contribution is 2.25. The van der Waals surface area contributed by atoms with Crippen LogP contribution in [0.2, 0.25) is 0 Å². The Morgan fingerprint density at radius 3 is 3.05 bits per heavy atom. The van der Waals surface area contributed by atoms with E-state index in [-0.39, 0.29) is 18.0 Å². The first-order valence-corrected chi connectivity index (χ1v) is 7.54. The normalized spacial score (nSPS) is 25.0. The number of nitrogens with zero attached hydrogens (tertiary/aromatic N) is 1. The largest absolute Gasteiger partial charge is 0.353 e. The van der Waals surface area contributed by atoms with Gasteiger partial charge in [-0.25, -0.2) is 4.79 Å². The van der Waals surface area contributed by atoms with Gasteiger partial charge in [0.15, 0.2) is 0 Å². The highest BCUT2D eigenvalue weighted by atomic mass is 16.2. The van der Waals surface area contributed by atoms with Gasteiger partial charge < -0.3 is 15.5 Å². The second-order valence-corrected chi connectivity index (χ2v) is 6.01. The molecule has 0 bridgehead atoms. The van der Waals surface area contributed by atoms with E-state index in [0.29, 0.717) is 18.9 Å². The van der Waals surface area contributed by atoms with Crippen molar-refractivity contribution in [2.75, 3.05) is 18.4 Å². The lowest BCUT2D eigenvalue weighted by Crippen LogP contribution is -2.55. The van der Waals surface area contributed by atoms with Gasteiger partial charge in [-0.15, -0.1) is 0 Å². The highest BCUT2D eigenvalue weighted by molar-refractivity contribution is 5.89. The van der Waals surface area contributed by atoms with Crippen molar-refractivity contribution in [3.8, 4) is 0 Å². The monoisotopic (exact) mass is 287 g/mol. The minimum Gasteiger partial charge on any atom is -0.353 e. The van der Waals surface area contributed by atoms with Gasteiger partial charge in [-0.3, -0.25) is 4.79 Å². The Balaban J connectivity index is 1.60. The number of carbonyl (C=O) groups is 2. The molecule has 2 saturated heterocycles. The quantitative estimate of drug-likeness (QED) is 0.831. The number of nitrogens with one attached hydrogen (secondary N) is 2. The zero-order valence-corrected chi connectivity index (χ0v) is 12.3. The molecule has 2 aliphatic heterocycles. The number of carbonyl (C=O) groups excluding carboxylic acids is 2. The summed E-state index contributed by atoms with van der Waals surface area (Å²) in [5.41, 5.74) is 1.96. The molecule has 3 amide bonds. The van der Waals surface area contributed by atoms with Gasteiger partial charge >= 0.3 is 6.03 Å². The maximum absolute atomic E-state index is 12.3. The summed E-state index contributed by atoms with van der Waals surface area (Å²) in [6.07, 6.45) is 2.30. The molecule has 0 aromatic heterocycles. The van der Waals surface area contributed by atoms with Crippen LogP contribution in [0.1, 0.15) is 24.8 Å². The van der Waals surface area contributed by atoms with Crippen LogP contribution in [0.25, 0.3) is 0 Å². The van der Waals surface area contributed by atoms with E-state index < -0.39 is 0 Å². The SMILES string of the molecule is Cc1cccc(NC(=O)N2CCC3NC(=O)CCC3C2)c1. The van der Waals surface area contributed by atoms with Crippen molar-refractivity contribution in [1.29, 1.82) is 0 Å². The average molecular weight is 287 g/mol. The van der Waals surface area contributed by atoms with Gasteiger partial charge in [0.25, 0.3) is 0 Å². The summed E-state index contributed by atoms with van der Waals surface area (Å²) in [5.74, 6) is 0.536. The fraction of sp³-hybridized carbons (Fsp3) is 0.500. The maximum atomic E-state index is 12.3. The van der Waals surface area contributed by atoms with Gasteiger partial charge in [-0.05, 0) is 43.4 Å². The third-order valence-corrected chi connectivity index (χ3v) is 4.38. The van der Waals surface area contributed by atoms with Gasteiger partial charge in [0.05, 0.1) is 0 Å². The lowest BCUT2D eigenvalue weighted by molar-refractivity contribution is -0.125. The number of hydrogen-bond acceptors (Lipinski definition) is 2. The van der Waals surface area contributed by atoms with Crippen molar-refractivity contribution in [1.82, 2.24) is 10.2 Å². The van der Waals surface area contributed by atoms with Crippen LogP contribution in [0.5, 0.6) is 0 Å². The molecule has 3 rings (SSSR count). The van der Waals surface area contributed by atoms with Gasteiger partial charge in [0, 0.05) is 31.2 Å². The number of benzene rings is 1. The molecule has 112 valence electrons. The van der Waals surface area contributed by atoms with Crippen molar-refractivity contribution in [2.24, 2.45) is 5.92 Å². The number of hydrogen-bond donors (Lipinski definition) is 2. The first kappa shape index (κ1) is 13.9. The van der Waals surface area contributed by atoms with Gasteiger partial charge in [0.2, 0.25) is 5.91 Å². The Morgan fingerprint density at radius 1 is 1.38 bits per heavy atom. The van der Waals surface area contributed by atoms with E-state index in [2.05, 4.69) is 10.6 Å². The van der Waals surface area contributed by atoms with E-state index in [1.54, 1.807) is 0 Å². The van der Waals surface area contributed by atoms with Crippen LogP contribution in [0.15, 0.2) is 24.3 Å². The van der Waals surface area contributed by atoms with E-state index in [0.717, 1.165) is 30.6 Å². The van der Waals surface area contributed by atoms with Crippen LogP contribution in [0.3, 0.4) is 0 Å². The van der Waals surface area contributed by atoms with Crippen molar-refractivity contribution < 1.29 is 9.59 Å². The summed E-state index contributed by atoms with van der Waals surface area (Å²) in [6, 6.07) is 8.01. The van der Waals surface area contributed by atoms with Crippen molar-refractivity contribution >= 4 is 17.6 Å². The van der Waals surface area contributed by atoms with Crippen LogP contribution >= 0.6 is 0 Å². The molecule has 2 atom stereocenters. The van der Waals surface area contributed by atoms with Crippen LogP contribution in [0, 0.1) is 12.8 Å². The molecule has 0 radical (unpaired) electrons. The number of piperidine rings is 2. The van der Waals surface area contributed by atoms with E-state index in [1.165, 1.54) is 0 Å². The molecule has 5 heteroatoms. The molecule has 0 spiro atoms. The fourth-order valence-electron chi connectivity index (χ4n) is 3.22. The lowest BCUT2D eigenvalue weighted by atomic mass is 9.85. The van der Waals surface area contributed by atoms with Crippen LogP contribution < -0.4 is 10.6 Å². The predicted octanol–water partition coefficient (Wildman–Crippen LogP) is 2.13. The second kappa shape index (κ2) is 5.76. The maximum Gasteiger partial charge on any atom is 0.321 e. The molecule has 2 unspecified atom stereocenters. The van der Waals surface area contributed by atoms with Crippen molar-refractivity contribution in [2.45, 2.75) is 32.2 Å². The Bertz CT molecular complexity index is 558. The Hall–Kier alpha value is -2.04. The number of fused-ring (bicyclic) bond motifs is 1. The molecule has 1 aromatic carbocycles. The molecule has 0 aliphatic carbocycles. The number of rotatable bonds is 1. The Morgan fingerprint density at radius 2 is 2.24 bits per heavy atom. The van der Waals surface area contributed by atoms with Gasteiger partial charge in [-0.2, -0.15) is 0 Å². The zero-order valence-electron chi connectivity index (χ0n) is 12.3. The molecule has 2 aliphatic rings. The first-order chi connectivity index (χ1) is 10.1. The number of urea groups is 1. The van der Waals surface area contributed by atoms with E-state index in [1.807, 2.05) is 36.1 Å². The van der Waals surface area contributed by atoms with Crippen molar-refractivity contribution in [3.63, 3.8) is 0 Å². The summed E-state index contributed by atoms with van der Waals surface area (Å²) in [6.45, 7) is 3.42. The summed E-state index contributed by atoms with van der Waals surface area (Å²) in [4.78, 5) is 25.6. The molecule has 2 N–H and O–H groups in total. The van der Waals surface area contributed by atoms with Crippen LogP contribution in [0.4, 0.5) is 10.5 Å². The van der Waals surface area contributed by atoms with E-state index >= 15 is 0 Å². The fourth-order valence-corrected chi connectivity index (χ4v) is 3.22. The molecule has 5 nitrogen and oxygen atoms in total. The average Bonchev–Trinajstić information content (AvgIpc) is 2.46. The molecular weight excluding hydrogens is 266 g/mol. The summed E-state index contributed by atoms with van der Waals surface area (Å²) in [7, 11) is 0. The summed E-state index contributed by atoms with van der Waals surface area (Å²) >= 11 is 0. The van der Waals surface area contributed by atoms with E-state index in [9.17, 15) is 9.59 Å². The minimum absolute atomic E-state index is 0.0454. The molecule has 21 heavy (non-hydrogen) atoms. The smallest absolute Gasteiger partial charge is 0.321 e. The lowest BCUT2D eigenvalue weighted by Gasteiger charge is -2.41. The summed E-state index contributed by atoms with van der Waals surface area (Å²) < 4.78 is 0. The minimum atomic E-state index is -0.0454. The third-order valence-electron chi connectivity index (χ3n) is 4.38. The zero-order chi connectivity index (χ0) is 14.8. The number of aryl methyl sites for hydroxylation is 1. The molecule has 1 aromatic rings. The molecule has 0 saturated carbocycles. The highest BCUT2D eigenvalue weighted by Gasteiger charge is 2.35. The molecular formula is C16H21N3O2. The standard InChI is InChI=1S/C16H21N3O2/c1-11-3-2-4-13(9-11)17-16(21)19-8-7-14-12(10-19)5-6-15(20)18-14/h2-4,9,12,14H,5-8,10H2,1H3,(H,17,21)(H,18,20). The number of amides is 3. The summed E-state index contributed by atoms with van der Waals surface area (Å²) in [5, 5.41) is 5.99.